The summed E-state index contributed by atoms with van der Waals surface area (Å²) in [6.45, 7) is 0. The first-order valence-corrected chi connectivity index (χ1v) is 5.24. The van der Waals surface area contributed by atoms with Crippen LogP contribution in [0.4, 0.5) is 11.5 Å². The lowest BCUT2D eigenvalue weighted by Crippen LogP contribution is -2.12. The molecule has 0 aliphatic heterocycles. The fourth-order valence-corrected chi connectivity index (χ4v) is 1.85. The van der Waals surface area contributed by atoms with E-state index in [1.54, 1.807) is 0 Å². The van der Waals surface area contributed by atoms with E-state index >= 15 is 0 Å². The molecule has 0 atom stereocenters. The number of nitrogen functional groups attached to an aromatic ring is 1. The number of nitrogens with zero attached hydrogens (tertiary/aromatic N) is 2. The monoisotopic (exact) mass is 223 g/mol. The number of hydrogen-bond acceptors (Lipinski definition) is 5. The van der Waals surface area contributed by atoms with Crippen LogP contribution in [0.25, 0.3) is 0 Å². The summed E-state index contributed by atoms with van der Waals surface area (Å²) in [5.41, 5.74) is 5.28. The second-order valence-corrected chi connectivity index (χ2v) is 3.84. The van der Waals surface area contributed by atoms with Crippen LogP contribution in [0.5, 0.6) is 5.88 Å². The highest BCUT2D eigenvalue weighted by molar-refractivity contribution is 5.53. The van der Waals surface area contributed by atoms with E-state index in [1.807, 2.05) is 0 Å². The van der Waals surface area contributed by atoms with Crippen molar-refractivity contribution < 1.29 is 9.66 Å². The first kappa shape index (κ1) is 10.7. The summed E-state index contributed by atoms with van der Waals surface area (Å²) in [4.78, 5) is 13.8. The molecule has 6 heteroatoms. The summed E-state index contributed by atoms with van der Waals surface area (Å²) in [5.74, 6) is 0.274. The van der Waals surface area contributed by atoms with Gasteiger partial charge in [-0.1, -0.05) is 0 Å². The lowest BCUT2D eigenvalue weighted by atomic mass is 10.3. The molecule has 1 aliphatic carbocycles. The van der Waals surface area contributed by atoms with Crippen molar-refractivity contribution >= 4 is 11.5 Å². The molecule has 1 aromatic rings. The predicted molar refractivity (Wildman–Crippen MR) is 58.2 cm³/mol. The zero-order valence-electron chi connectivity index (χ0n) is 8.76. The Morgan fingerprint density at radius 2 is 2.12 bits per heavy atom. The molecule has 1 saturated carbocycles. The quantitative estimate of drug-likeness (QED) is 0.624. The summed E-state index contributed by atoms with van der Waals surface area (Å²) in [5, 5.41) is 10.5. The second-order valence-electron chi connectivity index (χ2n) is 3.84. The van der Waals surface area contributed by atoms with Crippen LogP contribution in [0.2, 0.25) is 0 Å². The number of nitrogens with two attached hydrogens (primary N) is 1. The van der Waals surface area contributed by atoms with Crippen molar-refractivity contribution in [2.45, 2.75) is 31.8 Å². The molecule has 2 rings (SSSR count). The van der Waals surface area contributed by atoms with Crippen molar-refractivity contribution in [1.82, 2.24) is 4.98 Å². The maximum absolute atomic E-state index is 10.5. The third kappa shape index (κ3) is 2.21. The smallest absolute Gasteiger partial charge is 0.311 e. The van der Waals surface area contributed by atoms with E-state index in [4.69, 9.17) is 10.5 Å². The van der Waals surface area contributed by atoms with Crippen molar-refractivity contribution in [3.63, 3.8) is 0 Å². The van der Waals surface area contributed by atoms with E-state index in [0.717, 1.165) is 25.7 Å². The molecule has 1 heterocycles. The molecule has 0 aromatic carbocycles. The van der Waals surface area contributed by atoms with Crippen molar-refractivity contribution in [3.05, 3.63) is 22.2 Å². The average molecular weight is 223 g/mol. The summed E-state index contributed by atoms with van der Waals surface area (Å²) < 4.78 is 5.58. The molecule has 0 bridgehead atoms. The van der Waals surface area contributed by atoms with Crippen molar-refractivity contribution in [3.8, 4) is 5.88 Å². The molecule has 1 aromatic heterocycles. The molecule has 0 amide bonds. The minimum atomic E-state index is -0.554. The van der Waals surface area contributed by atoms with Gasteiger partial charge < -0.3 is 10.5 Å². The number of anilines is 1. The summed E-state index contributed by atoms with van der Waals surface area (Å²) in [7, 11) is 0. The minimum Gasteiger partial charge on any atom is -0.474 e. The first-order valence-electron chi connectivity index (χ1n) is 5.24. The third-order valence-electron chi connectivity index (χ3n) is 2.66. The zero-order chi connectivity index (χ0) is 11.5. The normalized spacial score (nSPS) is 16.2. The highest BCUT2D eigenvalue weighted by Gasteiger charge is 2.19. The molecule has 1 aliphatic rings. The Morgan fingerprint density at radius 1 is 1.44 bits per heavy atom. The van der Waals surface area contributed by atoms with E-state index in [1.165, 1.54) is 12.1 Å². The SMILES string of the molecule is Nc1nc(OC2CCCC2)ccc1[N+](=O)[O-]. The van der Waals surface area contributed by atoms with Crippen molar-refractivity contribution in [2.24, 2.45) is 0 Å². The zero-order valence-corrected chi connectivity index (χ0v) is 8.76. The molecule has 6 nitrogen and oxygen atoms in total. The van der Waals surface area contributed by atoms with Gasteiger partial charge in [-0.15, -0.1) is 0 Å². The Bertz CT molecular complexity index is 402. The van der Waals surface area contributed by atoms with E-state index in [2.05, 4.69) is 4.98 Å². The van der Waals surface area contributed by atoms with Crippen LogP contribution in [0.3, 0.4) is 0 Å². The van der Waals surface area contributed by atoms with Crippen LogP contribution in [-0.2, 0) is 0 Å². The molecular formula is C10H13N3O3. The number of aromatic nitrogens is 1. The number of ether oxygens (including phenoxy) is 1. The molecule has 2 N–H and O–H groups in total. The molecule has 86 valence electrons. The molecule has 1 fully saturated rings. The van der Waals surface area contributed by atoms with Gasteiger partial charge in [0.1, 0.15) is 6.10 Å². The Hall–Kier alpha value is -1.85. The van der Waals surface area contributed by atoms with Gasteiger partial charge in [-0.3, -0.25) is 10.1 Å². The van der Waals surface area contributed by atoms with Crippen molar-refractivity contribution in [2.75, 3.05) is 5.73 Å². The van der Waals surface area contributed by atoms with Gasteiger partial charge in [0.25, 0.3) is 0 Å². The van der Waals surface area contributed by atoms with Gasteiger partial charge >= 0.3 is 5.69 Å². The van der Waals surface area contributed by atoms with Gasteiger partial charge in [-0.2, -0.15) is 4.98 Å². The first-order chi connectivity index (χ1) is 7.66. The van der Waals surface area contributed by atoms with Gasteiger partial charge in [0.15, 0.2) is 0 Å². The predicted octanol–water partition coefficient (Wildman–Crippen LogP) is 1.89. The van der Waals surface area contributed by atoms with E-state index in [-0.39, 0.29) is 17.6 Å². The van der Waals surface area contributed by atoms with Gasteiger partial charge in [-0.25, -0.2) is 0 Å². The maximum Gasteiger partial charge on any atom is 0.311 e. The Kier molecular flexibility index (Phi) is 2.89. The van der Waals surface area contributed by atoms with Crippen LogP contribution in [0.15, 0.2) is 12.1 Å². The number of pyridine rings is 1. The second kappa shape index (κ2) is 4.34. The van der Waals surface area contributed by atoms with Crippen LogP contribution in [-0.4, -0.2) is 16.0 Å². The highest BCUT2D eigenvalue weighted by Crippen LogP contribution is 2.26. The van der Waals surface area contributed by atoms with Gasteiger partial charge in [0.05, 0.1) is 4.92 Å². The van der Waals surface area contributed by atoms with Gasteiger partial charge in [-0.05, 0) is 25.7 Å². The van der Waals surface area contributed by atoms with E-state index in [0.29, 0.717) is 5.88 Å². The fourth-order valence-electron chi connectivity index (χ4n) is 1.85. The number of nitro groups is 1. The van der Waals surface area contributed by atoms with E-state index in [9.17, 15) is 10.1 Å². The van der Waals surface area contributed by atoms with Crippen molar-refractivity contribution in [1.29, 1.82) is 0 Å². The highest BCUT2D eigenvalue weighted by atomic mass is 16.6. The Balaban J connectivity index is 2.11. The minimum absolute atomic E-state index is 0.0968. The third-order valence-corrected chi connectivity index (χ3v) is 2.66. The fraction of sp³-hybridized carbons (Fsp3) is 0.500. The summed E-state index contributed by atoms with van der Waals surface area (Å²) >= 11 is 0. The summed E-state index contributed by atoms with van der Waals surface area (Å²) in [6, 6.07) is 2.82. The molecule has 16 heavy (non-hydrogen) atoms. The summed E-state index contributed by atoms with van der Waals surface area (Å²) in [6.07, 6.45) is 4.52. The van der Waals surface area contributed by atoms with Crippen LogP contribution in [0.1, 0.15) is 25.7 Å². The average Bonchev–Trinajstić information content (AvgIpc) is 2.70. The van der Waals surface area contributed by atoms with Crippen LogP contribution >= 0.6 is 0 Å². The molecule has 0 unspecified atom stereocenters. The van der Waals surface area contributed by atoms with E-state index < -0.39 is 4.92 Å². The van der Waals surface area contributed by atoms with Crippen LogP contribution < -0.4 is 10.5 Å². The molecule has 0 saturated heterocycles. The Morgan fingerprint density at radius 3 is 2.69 bits per heavy atom. The molecular weight excluding hydrogens is 210 g/mol. The van der Waals surface area contributed by atoms with Crippen LogP contribution in [0, 0.1) is 10.1 Å². The van der Waals surface area contributed by atoms with Gasteiger partial charge in [0, 0.05) is 12.1 Å². The molecule has 0 radical (unpaired) electrons. The standard InChI is InChI=1S/C10H13N3O3/c11-10-8(13(14)15)5-6-9(12-10)16-7-3-1-2-4-7/h5-7H,1-4H2,(H2,11,12). The lowest BCUT2D eigenvalue weighted by molar-refractivity contribution is -0.384. The van der Waals surface area contributed by atoms with Gasteiger partial charge in [0.2, 0.25) is 11.7 Å². The number of hydrogen-bond donors (Lipinski definition) is 1. The lowest BCUT2D eigenvalue weighted by Gasteiger charge is -2.11. The Labute approximate surface area is 92.6 Å². The molecule has 0 spiro atoms. The number of rotatable bonds is 3. The maximum atomic E-state index is 10.5. The largest absolute Gasteiger partial charge is 0.474 e. The topological polar surface area (TPSA) is 91.3 Å².